The van der Waals surface area contributed by atoms with E-state index in [0.717, 1.165) is 5.56 Å². The van der Waals surface area contributed by atoms with Gasteiger partial charge in [-0.05, 0) is 29.8 Å². The van der Waals surface area contributed by atoms with E-state index in [-0.39, 0.29) is 26.9 Å². The second-order valence-electron chi connectivity index (χ2n) is 5.65. The highest BCUT2D eigenvalue weighted by molar-refractivity contribution is 6.39. The SMILES string of the molecule is Nc1c(Cl)cc(NC(=O)c2cccn(Cc3ccccc3)c2=O)cc1Cl. The zero-order chi connectivity index (χ0) is 18.7. The lowest BCUT2D eigenvalue weighted by Crippen LogP contribution is -2.29. The molecule has 3 aromatic rings. The molecule has 5 nitrogen and oxygen atoms in total. The van der Waals surface area contributed by atoms with E-state index in [2.05, 4.69) is 5.32 Å². The number of aromatic nitrogens is 1. The van der Waals surface area contributed by atoms with Gasteiger partial charge in [0.2, 0.25) is 0 Å². The van der Waals surface area contributed by atoms with Crippen LogP contribution in [-0.2, 0) is 6.54 Å². The fourth-order valence-corrected chi connectivity index (χ4v) is 2.96. The maximum atomic E-state index is 12.6. The molecular formula is C19H15Cl2N3O2. The lowest BCUT2D eigenvalue weighted by atomic mass is 10.2. The summed E-state index contributed by atoms with van der Waals surface area (Å²) in [6, 6.07) is 15.6. The van der Waals surface area contributed by atoms with E-state index < -0.39 is 5.91 Å². The molecule has 3 rings (SSSR count). The Morgan fingerprint density at radius 1 is 1.04 bits per heavy atom. The van der Waals surface area contributed by atoms with Gasteiger partial charge in [-0.25, -0.2) is 0 Å². The highest BCUT2D eigenvalue weighted by Gasteiger charge is 2.14. The highest BCUT2D eigenvalue weighted by atomic mass is 35.5. The highest BCUT2D eigenvalue weighted by Crippen LogP contribution is 2.31. The molecule has 0 spiro atoms. The number of nitrogens with zero attached hydrogens (tertiary/aromatic N) is 1. The maximum Gasteiger partial charge on any atom is 0.263 e. The van der Waals surface area contributed by atoms with Crippen LogP contribution in [0, 0.1) is 0 Å². The van der Waals surface area contributed by atoms with Crippen molar-refractivity contribution in [2.24, 2.45) is 0 Å². The first kappa shape index (κ1) is 18.0. The van der Waals surface area contributed by atoms with E-state index in [1.807, 2.05) is 30.3 Å². The first-order valence-electron chi connectivity index (χ1n) is 7.75. The number of nitrogen functional groups attached to an aromatic ring is 1. The van der Waals surface area contributed by atoms with Crippen molar-refractivity contribution >= 4 is 40.5 Å². The van der Waals surface area contributed by atoms with Crippen LogP contribution in [0.5, 0.6) is 0 Å². The predicted molar refractivity (Wildman–Crippen MR) is 105 cm³/mol. The Morgan fingerprint density at radius 3 is 2.35 bits per heavy atom. The van der Waals surface area contributed by atoms with Crippen molar-refractivity contribution in [3.05, 3.63) is 92.3 Å². The number of carbonyl (C=O) groups excluding carboxylic acids is 1. The Kier molecular flexibility index (Phi) is 5.30. The molecule has 1 aromatic heterocycles. The molecule has 2 aromatic carbocycles. The van der Waals surface area contributed by atoms with E-state index in [1.54, 1.807) is 12.3 Å². The molecule has 0 saturated heterocycles. The lowest BCUT2D eigenvalue weighted by molar-refractivity contribution is 0.102. The summed E-state index contributed by atoms with van der Waals surface area (Å²) in [5.41, 5.74) is 6.87. The van der Waals surface area contributed by atoms with Crippen LogP contribution in [0.25, 0.3) is 0 Å². The molecule has 0 radical (unpaired) electrons. The molecule has 0 atom stereocenters. The van der Waals surface area contributed by atoms with Crippen LogP contribution in [0.15, 0.2) is 65.6 Å². The largest absolute Gasteiger partial charge is 0.396 e. The minimum atomic E-state index is -0.547. The van der Waals surface area contributed by atoms with Crippen molar-refractivity contribution in [2.45, 2.75) is 6.54 Å². The number of carbonyl (C=O) groups is 1. The predicted octanol–water partition coefficient (Wildman–Crippen LogP) is 4.04. The normalized spacial score (nSPS) is 10.5. The number of amides is 1. The molecule has 0 unspecified atom stereocenters. The average Bonchev–Trinajstić information content (AvgIpc) is 2.62. The third kappa shape index (κ3) is 3.90. The fraction of sp³-hybridized carbons (Fsp3) is 0.0526. The molecular weight excluding hydrogens is 373 g/mol. The lowest BCUT2D eigenvalue weighted by Gasteiger charge is -2.10. The Labute approximate surface area is 160 Å². The number of benzene rings is 2. The molecule has 0 aliphatic carbocycles. The second kappa shape index (κ2) is 7.64. The summed E-state index contributed by atoms with van der Waals surface area (Å²) < 4.78 is 1.48. The topological polar surface area (TPSA) is 77.1 Å². The van der Waals surface area contributed by atoms with Crippen molar-refractivity contribution in [2.75, 3.05) is 11.1 Å². The Balaban J connectivity index is 1.86. The molecule has 1 amide bonds. The van der Waals surface area contributed by atoms with E-state index in [4.69, 9.17) is 28.9 Å². The maximum absolute atomic E-state index is 12.6. The molecule has 7 heteroatoms. The molecule has 3 N–H and O–H groups in total. The van der Waals surface area contributed by atoms with Crippen LogP contribution in [-0.4, -0.2) is 10.5 Å². The summed E-state index contributed by atoms with van der Waals surface area (Å²) in [5, 5.41) is 3.07. The van der Waals surface area contributed by atoms with Gasteiger partial charge in [-0.2, -0.15) is 0 Å². The summed E-state index contributed by atoms with van der Waals surface area (Å²) in [4.78, 5) is 25.1. The van der Waals surface area contributed by atoms with Crippen LogP contribution >= 0.6 is 23.2 Å². The van der Waals surface area contributed by atoms with Crippen molar-refractivity contribution < 1.29 is 4.79 Å². The molecule has 0 saturated carbocycles. The van der Waals surface area contributed by atoms with Gasteiger partial charge < -0.3 is 15.6 Å². The molecule has 0 aliphatic rings. The first-order valence-corrected chi connectivity index (χ1v) is 8.50. The van der Waals surface area contributed by atoms with Crippen LogP contribution in [0.1, 0.15) is 15.9 Å². The summed E-state index contributed by atoms with van der Waals surface area (Å²) in [6.07, 6.45) is 1.64. The molecule has 0 bridgehead atoms. The zero-order valence-corrected chi connectivity index (χ0v) is 15.1. The van der Waals surface area contributed by atoms with Crippen LogP contribution in [0.4, 0.5) is 11.4 Å². The smallest absolute Gasteiger partial charge is 0.263 e. The summed E-state index contributed by atoms with van der Waals surface area (Å²) in [7, 11) is 0. The molecule has 0 aliphatic heterocycles. The Morgan fingerprint density at radius 2 is 1.69 bits per heavy atom. The zero-order valence-electron chi connectivity index (χ0n) is 13.6. The van der Waals surface area contributed by atoms with Crippen molar-refractivity contribution in [3.8, 4) is 0 Å². The number of nitrogens with two attached hydrogens (primary N) is 1. The minimum absolute atomic E-state index is 0.0208. The Hall–Kier alpha value is -2.76. The first-order chi connectivity index (χ1) is 12.5. The number of nitrogens with one attached hydrogen (secondary N) is 1. The van der Waals surface area contributed by atoms with Crippen molar-refractivity contribution in [1.82, 2.24) is 4.57 Å². The molecule has 1 heterocycles. The summed E-state index contributed by atoms with van der Waals surface area (Å²) in [5.74, 6) is -0.547. The van der Waals surface area contributed by atoms with E-state index in [9.17, 15) is 9.59 Å². The minimum Gasteiger partial charge on any atom is -0.396 e. The molecule has 132 valence electrons. The van der Waals surface area contributed by atoms with E-state index in [1.165, 1.54) is 22.8 Å². The van der Waals surface area contributed by atoms with Gasteiger partial charge >= 0.3 is 0 Å². The van der Waals surface area contributed by atoms with Gasteiger partial charge in [-0.1, -0.05) is 53.5 Å². The van der Waals surface area contributed by atoms with E-state index >= 15 is 0 Å². The van der Waals surface area contributed by atoms with Crippen LogP contribution in [0.3, 0.4) is 0 Å². The number of anilines is 2. The number of pyridine rings is 1. The van der Waals surface area contributed by atoms with Crippen molar-refractivity contribution in [1.29, 1.82) is 0 Å². The number of hydrogen-bond acceptors (Lipinski definition) is 3. The van der Waals surface area contributed by atoms with Gasteiger partial charge in [-0.15, -0.1) is 0 Å². The number of hydrogen-bond donors (Lipinski definition) is 2. The monoisotopic (exact) mass is 387 g/mol. The fourth-order valence-electron chi connectivity index (χ4n) is 2.47. The average molecular weight is 388 g/mol. The quantitative estimate of drug-likeness (QED) is 0.663. The number of halogens is 2. The molecule has 0 fully saturated rings. The van der Waals surface area contributed by atoms with Gasteiger partial charge in [0, 0.05) is 11.9 Å². The van der Waals surface area contributed by atoms with Crippen LogP contribution in [0.2, 0.25) is 10.0 Å². The van der Waals surface area contributed by atoms with Gasteiger partial charge in [0.15, 0.2) is 0 Å². The molecule has 26 heavy (non-hydrogen) atoms. The van der Waals surface area contributed by atoms with Crippen molar-refractivity contribution in [3.63, 3.8) is 0 Å². The number of rotatable bonds is 4. The third-order valence-corrected chi connectivity index (χ3v) is 4.42. The van der Waals surface area contributed by atoms with Gasteiger partial charge in [0.05, 0.1) is 22.3 Å². The standard InChI is InChI=1S/C19H15Cl2N3O2/c20-15-9-13(10-16(21)17(15)22)23-18(25)14-7-4-8-24(19(14)26)11-12-5-2-1-3-6-12/h1-10H,11,22H2,(H,23,25). The van der Waals surface area contributed by atoms with Gasteiger partial charge in [0.1, 0.15) is 5.56 Å². The Bertz CT molecular complexity index is 994. The summed E-state index contributed by atoms with van der Waals surface area (Å²) in [6.45, 7) is 0.375. The second-order valence-corrected chi connectivity index (χ2v) is 6.46. The van der Waals surface area contributed by atoms with Gasteiger partial charge in [0.25, 0.3) is 11.5 Å². The summed E-state index contributed by atoms with van der Waals surface area (Å²) >= 11 is 11.9. The van der Waals surface area contributed by atoms with E-state index in [0.29, 0.717) is 12.2 Å². The van der Waals surface area contributed by atoms with Crippen LogP contribution < -0.4 is 16.6 Å². The third-order valence-electron chi connectivity index (χ3n) is 3.80. The van der Waals surface area contributed by atoms with Gasteiger partial charge in [-0.3, -0.25) is 9.59 Å².